The van der Waals surface area contributed by atoms with Gasteiger partial charge >= 0.3 is 23.9 Å². The predicted molar refractivity (Wildman–Crippen MR) is 80.9 cm³/mol. The predicted octanol–water partition coefficient (Wildman–Crippen LogP) is 0.464. The van der Waals surface area contributed by atoms with Gasteiger partial charge in [-0.15, -0.1) is 0 Å². The summed E-state index contributed by atoms with van der Waals surface area (Å²) in [6.07, 6.45) is -3.95. The van der Waals surface area contributed by atoms with E-state index in [0.29, 0.717) is 0 Å². The van der Waals surface area contributed by atoms with Crippen molar-refractivity contribution in [2.75, 3.05) is 7.11 Å². The molecule has 1 fully saturated rings. The molecule has 0 radical (unpaired) electrons. The molecule has 0 unspecified atom stereocenters. The second-order valence-corrected chi connectivity index (χ2v) is 6.17. The van der Waals surface area contributed by atoms with Crippen LogP contribution >= 0.6 is 15.9 Å². The van der Waals surface area contributed by atoms with Crippen molar-refractivity contribution in [1.82, 2.24) is 0 Å². The van der Waals surface area contributed by atoms with Crippen molar-refractivity contribution >= 4 is 39.8 Å². The molecule has 136 valence electrons. The minimum Gasteiger partial charge on any atom is -0.467 e. The molecule has 0 aromatic heterocycles. The SMILES string of the molecule is COC(=O)[C@H]1O[C@H](Br)[C@H](OC(C)=O)[C@@](C)(OC(C)=O)[C@H]1OC(C)=O. The average molecular weight is 411 g/mol. The molecule has 5 atom stereocenters. The largest absolute Gasteiger partial charge is 0.467 e. The van der Waals surface area contributed by atoms with Crippen LogP contribution in [0.25, 0.3) is 0 Å². The van der Waals surface area contributed by atoms with Gasteiger partial charge in [-0.2, -0.15) is 0 Å². The third-order valence-corrected chi connectivity index (χ3v) is 4.00. The normalized spacial score (nSPS) is 32.4. The molecule has 0 aliphatic carbocycles. The fraction of sp³-hybridized carbons (Fsp3) is 0.714. The van der Waals surface area contributed by atoms with Crippen LogP contribution < -0.4 is 0 Å². The zero-order chi connectivity index (χ0) is 18.7. The summed E-state index contributed by atoms with van der Waals surface area (Å²) in [5.41, 5.74) is -1.69. The van der Waals surface area contributed by atoms with E-state index in [1.165, 1.54) is 6.92 Å². The maximum Gasteiger partial charge on any atom is 0.339 e. The molecular weight excluding hydrogens is 392 g/mol. The van der Waals surface area contributed by atoms with Gasteiger partial charge in [0.05, 0.1) is 7.11 Å². The molecule has 1 aliphatic rings. The molecule has 0 aromatic rings. The first-order valence-electron chi connectivity index (χ1n) is 6.94. The average Bonchev–Trinajstić information content (AvgIpc) is 2.44. The third-order valence-electron chi connectivity index (χ3n) is 3.30. The summed E-state index contributed by atoms with van der Waals surface area (Å²) in [5, 5.41) is -1.01. The van der Waals surface area contributed by atoms with Crippen molar-refractivity contribution in [2.24, 2.45) is 0 Å². The standard InChI is InChI=1S/C14H19BrO9/c1-6(16)21-10-9(13(19)20-5)23-12(15)11(22-7(2)17)14(10,4)24-8(3)18/h9-12H,1-5H3/t9-,10-,11-,12-,14-/m0/s1. The molecule has 0 aromatic carbocycles. The number of carbonyl (C=O) groups is 4. The van der Waals surface area contributed by atoms with E-state index in [1.54, 1.807) is 0 Å². The number of ether oxygens (including phenoxy) is 5. The number of halogens is 1. The van der Waals surface area contributed by atoms with Gasteiger partial charge in [-0.3, -0.25) is 14.4 Å². The molecule has 10 heteroatoms. The Morgan fingerprint density at radius 2 is 1.46 bits per heavy atom. The molecule has 1 heterocycles. The minimum absolute atomic E-state index is 0.676. The van der Waals surface area contributed by atoms with Gasteiger partial charge in [0.1, 0.15) is 0 Å². The summed E-state index contributed by atoms with van der Waals surface area (Å²) >= 11 is 3.14. The summed E-state index contributed by atoms with van der Waals surface area (Å²) in [6.45, 7) is 4.78. The van der Waals surface area contributed by atoms with Crippen molar-refractivity contribution < 1.29 is 42.9 Å². The van der Waals surface area contributed by atoms with Crippen LogP contribution in [-0.4, -0.2) is 59.9 Å². The topological polar surface area (TPSA) is 114 Å². The Labute approximate surface area is 147 Å². The monoisotopic (exact) mass is 410 g/mol. The summed E-state index contributed by atoms with van der Waals surface area (Å²) in [7, 11) is 1.13. The molecule has 0 bridgehead atoms. The van der Waals surface area contributed by atoms with E-state index in [1.807, 2.05) is 0 Å². The van der Waals surface area contributed by atoms with Gasteiger partial charge in [0.2, 0.25) is 0 Å². The lowest BCUT2D eigenvalue weighted by Crippen LogP contribution is -2.68. The molecule has 0 N–H and O–H groups in total. The van der Waals surface area contributed by atoms with Crippen LogP contribution in [0.2, 0.25) is 0 Å². The van der Waals surface area contributed by atoms with E-state index in [4.69, 9.17) is 18.9 Å². The number of alkyl halides is 1. The Kier molecular flexibility index (Phi) is 6.73. The van der Waals surface area contributed by atoms with Gasteiger partial charge in [0.15, 0.2) is 28.9 Å². The molecule has 24 heavy (non-hydrogen) atoms. The zero-order valence-electron chi connectivity index (χ0n) is 13.9. The van der Waals surface area contributed by atoms with Crippen molar-refractivity contribution in [1.29, 1.82) is 0 Å². The summed E-state index contributed by atoms with van der Waals surface area (Å²) in [4.78, 5) is 46.4. The first kappa shape index (κ1) is 20.4. The Bertz CT molecular complexity index is 534. The maximum atomic E-state index is 12.0. The van der Waals surface area contributed by atoms with Gasteiger partial charge in [0, 0.05) is 20.8 Å². The number of hydrogen-bond donors (Lipinski definition) is 0. The second-order valence-electron chi connectivity index (χ2n) is 5.27. The van der Waals surface area contributed by atoms with Crippen molar-refractivity contribution in [3.63, 3.8) is 0 Å². The van der Waals surface area contributed by atoms with Crippen molar-refractivity contribution in [3.05, 3.63) is 0 Å². The van der Waals surface area contributed by atoms with Crippen LogP contribution in [0.15, 0.2) is 0 Å². The molecule has 1 rings (SSSR count). The highest BCUT2D eigenvalue weighted by Gasteiger charge is 2.61. The highest BCUT2D eigenvalue weighted by molar-refractivity contribution is 9.09. The van der Waals surface area contributed by atoms with Crippen molar-refractivity contribution in [3.8, 4) is 0 Å². The van der Waals surface area contributed by atoms with E-state index in [9.17, 15) is 19.2 Å². The molecule has 0 saturated carbocycles. The van der Waals surface area contributed by atoms with Crippen LogP contribution in [0, 0.1) is 0 Å². The van der Waals surface area contributed by atoms with Gasteiger partial charge in [-0.1, -0.05) is 15.9 Å². The number of rotatable bonds is 4. The van der Waals surface area contributed by atoms with E-state index in [-0.39, 0.29) is 0 Å². The lowest BCUT2D eigenvalue weighted by Gasteiger charge is -2.48. The smallest absolute Gasteiger partial charge is 0.339 e. The van der Waals surface area contributed by atoms with Crippen LogP contribution in [0.1, 0.15) is 27.7 Å². The maximum absolute atomic E-state index is 12.0. The van der Waals surface area contributed by atoms with Crippen molar-refractivity contribution in [2.45, 2.75) is 56.6 Å². The first-order chi connectivity index (χ1) is 11.0. The van der Waals surface area contributed by atoms with Crippen LogP contribution in [-0.2, 0) is 42.9 Å². The molecule has 0 amide bonds. The fourth-order valence-corrected chi connectivity index (χ4v) is 3.30. The van der Waals surface area contributed by atoms with Crippen LogP contribution in [0.4, 0.5) is 0 Å². The second kappa shape index (κ2) is 7.93. The lowest BCUT2D eigenvalue weighted by atomic mass is 9.85. The van der Waals surface area contributed by atoms with Gasteiger partial charge < -0.3 is 23.7 Å². The van der Waals surface area contributed by atoms with Gasteiger partial charge in [0.25, 0.3) is 0 Å². The fourth-order valence-electron chi connectivity index (χ4n) is 2.43. The highest BCUT2D eigenvalue weighted by atomic mass is 79.9. The van der Waals surface area contributed by atoms with E-state index >= 15 is 0 Å². The number of hydrogen-bond acceptors (Lipinski definition) is 9. The minimum atomic E-state index is -1.69. The number of carbonyl (C=O) groups excluding carboxylic acids is 4. The zero-order valence-corrected chi connectivity index (χ0v) is 15.4. The number of methoxy groups -OCH3 is 1. The summed E-state index contributed by atoms with van der Waals surface area (Å²) in [5.74, 6) is -2.99. The summed E-state index contributed by atoms with van der Waals surface area (Å²) < 4.78 is 25.7. The lowest BCUT2D eigenvalue weighted by molar-refractivity contribution is -0.264. The Morgan fingerprint density at radius 1 is 0.958 bits per heavy atom. The van der Waals surface area contributed by atoms with Gasteiger partial charge in [-0.25, -0.2) is 4.79 Å². The van der Waals surface area contributed by atoms with Crippen LogP contribution in [0.5, 0.6) is 0 Å². The highest BCUT2D eigenvalue weighted by Crippen LogP contribution is 2.39. The Hall–Kier alpha value is -1.68. The molecule has 0 spiro atoms. The Balaban J connectivity index is 3.40. The molecule has 1 aliphatic heterocycles. The quantitative estimate of drug-likeness (QED) is 0.370. The number of esters is 4. The van der Waals surface area contributed by atoms with E-state index in [2.05, 4.69) is 20.7 Å². The summed E-state index contributed by atoms with van der Waals surface area (Å²) in [6, 6.07) is 0. The van der Waals surface area contributed by atoms with E-state index < -0.39 is 52.8 Å². The van der Waals surface area contributed by atoms with Gasteiger partial charge in [-0.05, 0) is 6.92 Å². The molecule has 1 saturated heterocycles. The van der Waals surface area contributed by atoms with Crippen LogP contribution in [0.3, 0.4) is 0 Å². The molecule has 9 nitrogen and oxygen atoms in total. The van der Waals surface area contributed by atoms with E-state index in [0.717, 1.165) is 27.9 Å². The Morgan fingerprint density at radius 3 is 1.88 bits per heavy atom. The third kappa shape index (κ3) is 4.44. The first-order valence-corrected chi connectivity index (χ1v) is 7.85. The molecular formula is C14H19BrO9.